The summed E-state index contributed by atoms with van der Waals surface area (Å²) in [7, 11) is -2.71. The van der Waals surface area contributed by atoms with Crippen molar-refractivity contribution in [2.45, 2.75) is 57.5 Å². The van der Waals surface area contributed by atoms with Gasteiger partial charge in [-0.05, 0) is 31.6 Å². The van der Waals surface area contributed by atoms with Crippen LogP contribution in [0, 0.1) is 5.92 Å². The van der Waals surface area contributed by atoms with E-state index < -0.39 is 9.84 Å². The van der Waals surface area contributed by atoms with E-state index in [9.17, 15) is 8.42 Å². The molecule has 94 valence electrons. The zero-order valence-corrected chi connectivity index (χ0v) is 10.9. The van der Waals surface area contributed by atoms with Gasteiger partial charge in [-0.25, -0.2) is 8.42 Å². The first-order chi connectivity index (χ1) is 7.55. The normalized spacial score (nSPS) is 36.1. The highest BCUT2D eigenvalue weighted by atomic mass is 32.2. The highest BCUT2D eigenvalue weighted by Gasteiger charge is 2.26. The second-order valence-corrected chi connectivity index (χ2v) is 7.87. The Labute approximate surface area is 98.9 Å². The van der Waals surface area contributed by atoms with Crippen LogP contribution < -0.4 is 5.32 Å². The van der Waals surface area contributed by atoms with E-state index in [2.05, 4.69) is 12.2 Å². The van der Waals surface area contributed by atoms with Crippen LogP contribution in [0.2, 0.25) is 0 Å². The molecule has 0 aromatic heterocycles. The minimum atomic E-state index is -2.71. The number of rotatable bonds is 2. The third kappa shape index (κ3) is 3.45. The number of hydrogen-bond acceptors (Lipinski definition) is 3. The first-order valence-electron chi connectivity index (χ1n) is 6.51. The summed E-state index contributed by atoms with van der Waals surface area (Å²) in [4.78, 5) is 0. The zero-order valence-electron chi connectivity index (χ0n) is 10.1. The van der Waals surface area contributed by atoms with Crippen LogP contribution in [0.15, 0.2) is 0 Å². The van der Waals surface area contributed by atoms with E-state index in [-0.39, 0.29) is 0 Å². The average Bonchev–Trinajstić information content (AvgIpc) is 2.21. The summed E-state index contributed by atoms with van der Waals surface area (Å²) in [5.41, 5.74) is 0. The van der Waals surface area contributed by atoms with Gasteiger partial charge in [0.1, 0.15) is 9.84 Å². The summed E-state index contributed by atoms with van der Waals surface area (Å²) in [5.74, 6) is 1.60. The average molecular weight is 245 g/mol. The van der Waals surface area contributed by atoms with E-state index in [0.717, 1.165) is 18.8 Å². The van der Waals surface area contributed by atoms with E-state index in [4.69, 9.17) is 0 Å². The molecule has 0 spiro atoms. The number of nitrogens with one attached hydrogen (secondary N) is 1. The van der Waals surface area contributed by atoms with Gasteiger partial charge in [0.15, 0.2) is 0 Å². The highest BCUT2D eigenvalue weighted by molar-refractivity contribution is 7.91. The molecule has 1 N–H and O–H groups in total. The van der Waals surface area contributed by atoms with Crippen molar-refractivity contribution in [3.63, 3.8) is 0 Å². The van der Waals surface area contributed by atoms with Crippen LogP contribution in [-0.4, -0.2) is 32.0 Å². The van der Waals surface area contributed by atoms with Gasteiger partial charge in [0, 0.05) is 12.1 Å². The molecule has 16 heavy (non-hydrogen) atoms. The lowest BCUT2D eigenvalue weighted by Crippen LogP contribution is -2.44. The number of sulfone groups is 1. The molecule has 3 nitrogen and oxygen atoms in total. The molecule has 0 amide bonds. The fraction of sp³-hybridized carbons (Fsp3) is 1.00. The SMILES string of the molecule is CC1CCCC(NC2CCS(=O)(=O)CC2)C1. The molecule has 1 aliphatic heterocycles. The Kier molecular flexibility index (Phi) is 3.90. The summed E-state index contributed by atoms with van der Waals surface area (Å²) in [5, 5.41) is 3.66. The van der Waals surface area contributed by atoms with Crippen LogP contribution in [0.25, 0.3) is 0 Å². The van der Waals surface area contributed by atoms with Gasteiger partial charge in [-0.15, -0.1) is 0 Å². The Morgan fingerprint density at radius 3 is 2.31 bits per heavy atom. The van der Waals surface area contributed by atoms with E-state index in [1.54, 1.807) is 0 Å². The molecule has 0 aromatic carbocycles. The summed E-state index contributed by atoms with van der Waals surface area (Å²) in [6.45, 7) is 2.32. The summed E-state index contributed by atoms with van der Waals surface area (Å²) in [6.07, 6.45) is 6.85. The first-order valence-corrected chi connectivity index (χ1v) is 8.34. The predicted molar refractivity (Wildman–Crippen MR) is 66.2 cm³/mol. The zero-order chi connectivity index (χ0) is 11.6. The number of hydrogen-bond donors (Lipinski definition) is 1. The second-order valence-electron chi connectivity index (χ2n) is 5.56. The molecule has 2 aliphatic rings. The van der Waals surface area contributed by atoms with Crippen LogP contribution >= 0.6 is 0 Å². The minimum absolute atomic E-state index is 0.382. The van der Waals surface area contributed by atoms with Crippen molar-refractivity contribution in [1.82, 2.24) is 5.32 Å². The minimum Gasteiger partial charge on any atom is -0.311 e. The molecule has 1 heterocycles. The van der Waals surface area contributed by atoms with E-state index in [1.807, 2.05) is 0 Å². The molecular weight excluding hydrogens is 222 g/mol. The summed E-state index contributed by atoms with van der Waals surface area (Å²) in [6, 6.07) is 1.08. The monoisotopic (exact) mass is 245 g/mol. The van der Waals surface area contributed by atoms with Gasteiger partial charge in [0.2, 0.25) is 0 Å². The molecule has 0 bridgehead atoms. The van der Waals surface area contributed by atoms with Gasteiger partial charge in [-0.3, -0.25) is 0 Å². The highest BCUT2D eigenvalue weighted by Crippen LogP contribution is 2.25. The molecule has 4 heteroatoms. The van der Waals surface area contributed by atoms with E-state index in [1.165, 1.54) is 25.7 Å². The van der Waals surface area contributed by atoms with Crippen molar-refractivity contribution < 1.29 is 8.42 Å². The van der Waals surface area contributed by atoms with Gasteiger partial charge in [0.05, 0.1) is 11.5 Å². The lowest BCUT2D eigenvalue weighted by molar-refractivity contribution is 0.273. The predicted octanol–water partition coefficient (Wildman–Crippen LogP) is 1.73. The summed E-state index contributed by atoms with van der Waals surface area (Å²) >= 11 is 0. The molecule has 1 aliphatic carbocycles. The molecule has 0 radical (unpaired) electrons. The third-order valence-electron chi connectivity index (χ3n) is 3.96. The third-order valence-corrected chi connectivity index (χ3v) is 5.68. The van der Waals surface area contributed by atoms with Crippen molar-refractivity contribution in [2.24, 2.45) is 5.92 Å². The molecule has 0 aromatic rings. The molecular formula is C12H23NO2S. The van der Waals surface area contributed by atoms with Gasteiger partial charge < -0.3 is 5.32 Å². The molecule has 2 fully saturated rings. The summed E-state index contributed by atoms with van der Waals surface area (Å²) < 4.78 is 22.6. The molecule has 1 saturated carbocycles. The van der Waals surface area contributed by atoms with Crippen molar-refractivity contribution in [3.8, 4) is 0 Å². The maximum absolute atomic E-state index is 11.3. The lowest BCUT2D eigenvalue weighted by atomic mass is 9.86. The Bertz CT molecular complexity index is 312. The van der Waals surface area contributed by atoms with Crippen LogP contribution in [-0.2, 0) is 9.84 Å². The maximum atomic E-state index is 11.3. The van der Waals surface area contributed by atoms with Gasteiger partial charge in [0.25, 0.3) is 0 Å². The fourth-order valence-electron chi connectivity index (χ4n) is 2.98. The fourth-order valence-corrected chi connectivity index (χ4v) is 4.47. The maximum Gasteiger partial charge on any atom is 0.150 e. The smallest absolute Gasteiger partial charge is 0.150 e. The second kappa shape index (κ2) is 5.05. The van der Waals surface area contributed by atoms with Crippen molar-refractivity contribution in [3.05, 3.63) is 0 Å². The van der Waals surface area contributed by atoms with Crippen LogP contribution in [0.4, 0.5) is 0 Å². The molecule has 2 unspecified atom stereocenters. The first kappa shape index (κ1) is 12.4. The van der Waals surface area contributed by atoms with Crippen molar-refractivity contribution >= 4 is 9.84 Å². The van der Waals surface area contributed by atoms with Crippen LogP contribution in [0.5, 0.6) is 0 Å². The quantitative estimate of drug-likeness (QED) is 0.806. The van der Waals surface area contributed by atoms with Crippen LogP contribution in [0.1, 0.15) is 45.4 Å². The standard InChI is InChI=1S/C12H23NO2S/c1-10-3-2-4-12(9-10)13-11-5-7-16(14,15)8-6-11/h10-13H,2-9H2,1H3. The lowest BCUT2D eigenvalue weighted by Gasteiger charge is -2.33. The van der Waals surface area contributed by atoms with E-state index in [0.29, 0.717) is 23.6 Å². The largest absolute Gasteiger partial charge is 0.311 e. The van der Waals surface area contributed by atoms with E-state index >= 15 is 0 Å². The molecule has 2 rings (SSSR count). The topological polar surface area (TPSA) is 46.2 Å². The van der Waals surface area contributed by atoms with Crippen LogP contribution in [0.3, 0.4) is 0 Å². The van der Waals surface area contributed by atoms with Crippen molar-refractivity contribution in [2.75, 3.05) is 11.5 Å². The van der Waals surface area contributed by atoms with Gasteiger partial charge >= 0.3 is 0 Å². The Morgan fingerprint density at radius 2 is 1.69 bits per heavy atom. The Hall–Kier alpha value is -0.0900. The molecule has 1 saturated heterocycles. The Balaban J connectivity index is 1.78. The Morgan fingerprint density at radius 1 is 1.00 bits per heavy atom. The van der Waals surface area contributed by atoms with Crippen molar-refractivity contribution in [1.29, 1.82) is 0 Å². The van der Waals surface area contributed by atoms with Gasteiger partial charge in [-0.1, -0.05) is 19.8 Å². The van der Waals surface area contributed by atoms with Gasteiger partial charge in [-0.2, -0.15) is 0 Å². The molecule has 2 atom stereocenters.